The van der Waals surface area contributed by atoms with Gasteiger partial charge in [-0.1, -0.05) is 25.2 Å². The van der Waals surface area contributed by atoms with Crippen LogP contribution in [-0.2, 0) is 11.3 Å². The Bertz CT molecular complexity index is 679. The summed E-state index contributed by atoms with van der Waals surface area (Å²) in [6.45, 7) is 6.28. The summed E-state index contributed by atoms with van der Waals surface area (Å²) in [5.74, 6) is 1.27. The summed E-state index contributed by atoms with van der Waals surface area (Å²) >= 11 is 1.66. The molecule has 3 rings (SSSR count). The average molecular weight is 334 g/mol. The maximum atomic E-state index is 11.2. The van der Waals surface area contributed by atoms with Crippen LogP contribution in [0.15, 0.2) is 12.4 Å². The monoisotopic (exact) mass is 334 g/mol. The Hall–Kier alpha value is -1.96. The first kappa shape index (κ1) is 15.9. The van der Waals surface area contributed by atoms with Crippen LogP contribution in [0.1, 0.15) is 49.4 Å². The van der Waals surface area contributed by atoms with E-state index in [0.717, 1.165) is 41.9 Å². The second-order valence-electron chi connectivity index (χ2n) is 6.24. The van der Waals surface area contributed by atoms with Crippen LogP contribution in [0.5, 0.6) is 0 Å². The van der Waals surface area contributed by atoms with E-state index in [1.165, 1.54) is 0 Å². The molecule has 2 N–H and O–H groups in total. The number of amides is 1. The Morgan fingerprint density at radius 1 is 1.48 bits per heavy atom. The van der Waals surface area contributed by atoms with E-state index in [-0.39, 0.29) is 18.4 Å². The highest BCUT2D eigenvalue weighted by atomic mass is 32.1. The van der Waals surface area contributed by atoms with E-state index >= 15 is 0 Å². The zero-order chi connectivity index (χ0) is 16.4. The maximum absolute atomic E-state index is 11.2. The number of nitrogens with two attached hydrogens (primary N) is 1. The molecule has 3 heterocycles. The fourth-order valence-corrected chi connectivity index (χ4v) is 3.81. The van der Waals surface area contributed by atoms with E-state index in [1.807, 2.05) is 10.8 Å². The molecular weight excluding hydrogens is 312 g/mol. The molecule has 8 heteroatoms. The summed E-state index contributed by atoms with van der Waals surface area (Å²) in [7, 11) is 0. The quantitative estimate of drug-likeness (QED) is 0.899. The van der Waals surface area contributed by atoms with Crippen molar-refractivity contribution in [2.75, 3.05) is 18.0 Å². The van der Waals surface area contributed by atoms with Gasteiger partial charge in [0, 0.05) is 37.3 Å². The number of aromatic nitrogens is 4. The molecule has 1 atom stereocenters. The summed E-state index contributed by atoms with van der Waals surface area (Å²) in [4.78, 5) is 17.9. The maximum Gasteiger partial charge on any atom is 0.237 e. The minimum absolute atomic E-state index is 0.183. The van der Waals surface area contributed by atoms with Crippen molar-refractivity contribution in [2.45, 2.75) is 45.1 Å². The van der Waals surface area contributed by atoms with Gasteiger partial charge in [0.1, 0.15) is 17.4 Å². The molecule has 0 saturated carbocycles. The van der Waals surface area contributed by atoms with E-state index in [9.17, 15) is 4.79 Å². The molecule has 1 saturated heterocycles. The summed E-state index contributed by atoms with van der Waals surface area (Å²) in [6.07, 6.45) is 5.69. The van der Waals surface area contributed by atoms with E-state index in [4.69, 9.17) is 5.73 Å². The predicted octanol–water partition coefficient (Wildman–Crippen LogP) is 1.73. The molecule has 2 aromatic heterocycles. The first-order valence-corrected chi connectivity index (χ1v) is 8.74. The van der Waals surface area contributed by atoms with Crippen LogP contribution in [0.4, 0.5) is 5.13 Å². The molecule has 0 radical (unpaired) electrons. The minimum atomic E-state index is -0.345. The van der Waals surface area contributed by atoms with Gasteiger partial charge in [0.05, 0.1) is 0 Å². The summed E-state index contributed by atoms with van der Waals surface area (Å²) in [5.41, 5.74) is 5.32. The number of primary amides is 1. The molecule has 1 aliphatic heterocycles. The van der Waals surface area contributed by atoms with E-state index in [2.05, 4.69) is 33.9 Å². The molecular formula is C15H22N6OS. The third-order valence-corrected chi connectivity index (χ3v) is 5.34. The van der Waals surface area contributed by atoms with Crippen LogP contribution in [0, 0.1) is 0 Å². The molecule has 0 bridgehead atoms. The van der Waals surface area contributed by atoms with Crippen LogP contribution in [0.25, 0.3) is 0 Å². The van der Waals surface area contributed by atoms with Crippen molar-refractivity contribution in [3.05, 3.63) is 23.2 Å². The van der Waals surface area contributed by atoms with Gasteiger partial charge in [0.25, 0.3) is 0 Å². The fraction of sp³-hybridized carbons (Fsp3) is 0.600. The number of hydrogen-bond donors (Lipinski definition) is 1. The molecule has 7 nitrogen and oxygen atoms in total. The molecule has 0 aliphatic carbocycles. The Morgan fingerprint density at radius 3 is 3.00 bits per heavy atom. The van der Waals surface area contributed by atoms with Gasteiger partial charge in [0.2, 0.25) is 11.0 Å². The number of rotatable bonds is 5. The van der Waals surface area contributed by atoms with Crippen LogP contribution in [0.2, 0.25) is 0 Å². The molecule has 0 unspecified atom stereocenters. The minimum Gasteiger partial charge on any atom is -0.368 e. The Labute approximate surface area is 139 Å². The van der Waals surface area contributed by atoms with Gasteiger partial charge in [-0.05, 0) is 12.8 Å². The normalized spacial score (nSPS) is 18.6. The van der Waals surface area contributed by atoms with Gasteiger partial charge in [0.15, 0.2) is 0 Å². The van der Waals surface area contributed by atoms with Crippen molar-refractivity contribution >= 4 is 22.4 Å². The van der Waals surface area contributed by atoms with Crippen molar-refractivity contribution < 1.29 is 4.79 Å². The standard InChI is InChI=1S/C15H22N6OS/c1-10(2)14-18-19-15(23-14)21-6-3-4-11(8-21)13-17-5-7-20(13)9-12(16)22/h5,7,10-11H,3-4,6,8-9H2,1-2H3,(H2,16,22)/t11-/m0/s1. The summed E-state index contributed by atoms with van der Waals surface area (Å²) < 4.78 is 1.86. The molecule has 0 aromatic carbocycles. The SMILES string of the molecule is CC(C)c1nnc(N2CCC[C@H](c3nccn3CC(N)=O)C2)s1. The Morgan fingerprint density at radius 2 is 2.30 bits per heavy atom. The van der Waals surface area contributed by atoms with Crippen molar-refractivity contribution in [1.82, 2.24) is 19.7 Å². The zero-order valence-corrected chi connectivity index (χ0v) is 14.3. The highest BCUT2D eigenvalue weighted by Gasteiger charge is 2.27. The van der Waals surface area contributed by atoms with E-state index < -0.39 is 0 Å². The van der Waals surface area contributed by atoms with Crippen LogP contribution < -0.4 is 10.6 Å². The molecule has 124 valence electrons. The average Bonchev–Trinajstić information content (AvgIpc) is 3.15. The van der Waals surface area contributed by atoms with Gasteiger partial charge >= 0.3 is 0 Å². The summed E-state index contributed by atoms with van der Waals surface area (Å²) in [6, 6.07) is 0. The number of imidazole rings is 1. The van der Waals surface area contributed by atoms with Crippen molar-refractivity contribution in [3.63, 3.8) is 0 Å². The largest absolute Gasteiger partial charge is 0.368 e. The lowest BCUT2D eigenvalue weighted by atomic mass is 9.97. The Balaban J connectivity index is 1.75. The van der Waals surface area contributed by atoms with E-state index in [0.29, 0.717) is 5.92 Å². The number of anilines is 1. The molecule has 0 spiro atoms. The molecule has 1 amide bonds. The van der Waals surface area contributed by atoms with Crippen LogP contribution in [-0.4, -0.2) is 38.7 Å². The zero-order valence-electron chi connectivity index (χ0n) is 13.5. The number of piperidine rings is 1. The lowest BCUT2D eigenvalue weighted by molar-refractivity contribution is -0.118. The summed E-state index contributed by atoms with van der Waals surface area (Å²) in [5, 5.41) is 10.7. The van der Waals surface area contributed by atoms with Crippen LogP contribution in [0.3, 0.4) is 0 Å². The highest BCUT2D eigenvalue weighted by molar-refractivity contribution is 7.15. The third-order valence-electron chi connectivity index (χ3n) is 4.05. The molecule has 1 fully saturated rings. The van der Waals surface area contributed by atoms with Gasteiger partial charge in [-0.2, -0.15) is 0 Å². The highest BCUT2D eigenvalue weighted by Crippen LogP contribution is 2.32. The van der Waals surface area contributed by atoms with Gasteiger partial charge in [-0.25, -0.2) is 4.98 Å². The van der Waals surface area contributed by atoms with E-state index in [1.54, 1.807) is 17.5 Å². The molecule has 1 aliphatic rings. The number of carbonyl (C=O) groups excluding carboxylic acids is 1. The predicted molar refractivity (Wildman–Crippen MR) is 89.6 cm³/mol. The van der Waals surface area contributed by atoms with Gasteiger partial charge in [-0.3, -0.25) is 4.79 Å². The first-order valence-electron chi connectivity index (χ1n) is 7.92. The fourth-order valence-electron chi connectivity index (χ4n) is 2.93. The molecule has 23 heavy (non-hydrogen) atoms. The number of carbonyl (C=O) groups is 1. The van der Waals surface area contributed by atoms with Gasteiger partial charge < -0.3 is 15.2 Å². The topological polar surface area (TPSA) is 89.9 Å². The number of hydrogen-bond acceptors (Lipinski definition) is 6. The van der Waals surface area contributed by atoms with Gasteiger partial charge in [-0.15, -0.1) is 10.2 Å². The second-order valence-corrected chi connectivity index (χ2v) is 7.23. The first-order chi connectivity index (χ1) is 11.0. The lowest BCUT2D eigenvalue weighted by Crippen LogP contribution is -2.35. The van der Waals surface area contributed by atoms with Crippen molar-refractivity contribution in [1.29, 1.82) is 0 Å². The smallest absolute Gasteiger partial charge is 0.237 e. The molecule has 2 aromatic rings. The Kier molecular flexibility index (Phi) is 4.61. The third kappa shape index (κ3) is 3.52. The number of nitrogens with zero attached hydrogens (tertiary/aromatic N) is 5. The van der Waals surface area contributed by atoms with Crippen LogP contribution >= 0.6 is 11.3 Å². The van der Waals surface area contributed by atoms with Crippen molar-refractivity contribution in [2.24, 2.45) is 5.73 Å². The second kappa shape index (κ2) is 6.66. The lowest BCUT2D eigenvalue weighted by Gasteiger charge is -2.32. The van der Waals surface area contributed by atoms with Crippen molar-refractivity contribution in [3.8, 4) is 0 Å².